The normalized spacial score (nSPS) is 12.2. The molecule has 0 saturated carbocycles. The number of amides is 1. The smallest absolute Gasteiger partial charge is 0.235 e. The third-order valence-corrected chi connectivity index (χ3v) is 5.00. The van der Waals surface area contributed by atoms with Crippen molar-refractivity contribution in [3.8, 4) is 5.69 Å². The fourth-order valence-corrected chi connectivity index (χ4v) is 4.26. The van der Waals surface area contributed by atoms with Crippen LogP contribution in [0.2, 0.25) is 0 Å². The standard InChI is InChI=1S/C13H15N3OS3/c1-9(11(17)15(2)3)19-12-14-16(13(18)20-12)10-7-5-4-6-8-10/h4-9H,1-3H3/t9-/m1/s1. The number of nitrogens with zero attached hydrogens (tertiary/aromatic N) is 3. The van der Waals surface area contributed by atoms with E-state index in [0.717, 1.165) is 10.0 Å². The van der Waals surface area contributed by atoms with Crippen LogP contribution in [0.5, 0.6) is 0 Å². The van der Waals surface area contributed by atoms with E-state index in [9.17, 15) is 4.79 Å². The van der Waals surface area contributed by atoms with Gasteiger partial charge in [0.1, 0.15) is 0 Å². The first-order chi connectivity index (χ1) is 9.49. The molecule has 0 aliphatic heterocycles. The Labute approximate surface area is 131 Å². The maximum atomic E-state index is 11.9. The molecule has 0 N–H and O–H groups in total. The maximum Gasteiger partial charge on any atom is 0.235 e. The van der Waals surface area contributed by atoms with Crippen molar-refractivity contribution in [2.75, 3.05) is 14.1 Å². The lowest BCUT2D eigenvalue weighted by Gasteiger charge is -2.14. The van der Waals surface area contributed by atoms with E-state index < -0.39 is 0 Å². The molecule has 1 atom stereocenters. The summed E-state index contributed by atoms with van der Waals surface area (Å²) in [4.78, 5) is 13.4. The van der Waals surface area contributed by atoms with Crippen LogP contribution in [0.3, 0.4) is 0 Å². The monoisotopic (exact) mass is 325 g/mol. The van der Waals surface area contributed by atoms with E-state index in [1.165, 1.54) is 23.1 Å². The average molecular weight is 325 g/mol. The van der Waals surface area contributed by atoms with Crippen LogP contribution in [0.15, 0.2) is 34.7 Å². The molecule has 0 spiro atoms. The van der Waals surface area contributed by atoms with E-state index in [2.05, 4.69) is 5.10 Å². The Balaban J connectivity index is 2.20. The second kappa shape index (κ2) is 6.51. The zero-order chi connectivity index (χ0) is 14.7. The predicted molar refractivity (Wildman–Crippen MR) is 86.3 cm³/mol. The molecule has 2 rings (SSSR count). The van der Waals surface area contributed by atoms with E-state index in [1.54, 1.807) is 23.7 Å². The summed E-state index contributed by atoms with van der Waals surface area (Å²) >= 11 is 8.20. The molecule has 106 valence electrons. The van der Waals surface area contributed by atoms with Gasteiger partial charge in [0, 0.05) is 14.1 Å². The SMILES string of the molecule is C[C@@H](Sc1nn(-c2ccccc2)c(=S)s1)C(=O)N(C)C. The topological polar surface area (TPSA) is 38.1 Å². The minimum absolute atomic E-state index is 0.0716. The van der Waals surface area contributed by atoms with Crippen LogP contribution < -0.4 is 0 Å². The molecular weight excluding hydrogens is 310 g/mol. The molecule has 1 heterocycles. The van der Waals surface area contributed by atoms with Crippen LogP contribution in [-0.2, 0) is 4.79 Å². The summed E-state index contributed by atoms with van der Waals surface area (Å²) in [6.07, 6.45) is 0. The zero-order valence-corrected chi connectivity index (χ0v) is 13.9. The summed E-state index contributed by atoms with van der Waals surface area (Å²) in [5, 5.41) is 4.31. The summed E-state index contributed by atoms with van der Waals surface area (Å²) in [6.45, 7) is 1.88. The van der Waals surface area contributed by atoms with Gasteiger partial charge in [0.2, 0.25) is 5.91 Å². The number of hydrogen-bond acceptors (Lipinski definition) is 5. The summed E-state index contributed by atoms with van der Waals surface area (Å²) in [5.41, 5.74) is 0.937. The molecule has 20 heavy (non-hydrogen) atoms. The molecule has 1 aromatic heterocycles. The number of carbonyl (C=O) groups excluding carboxylic acids is 1. The molecule has 0 saturated heterocycles. The van der Waals surface area contributed by atoms with Crippen molar-refractivity contribution in [2.24, 2.45) is 0 Å². The molecule has 7 heteroatoms. The van der Waals surface area contributed by atoms with Gasteiger partial charge in [0.15, 0.2) is 8.29 Å². The van der Waals surface area contributed by atoms with Crippen molar-refractivity contribution in [3.05, 3.63) is 34.3 Å². The molecule has 1 aromatic carbocycles. The summed E-state index contributed by atoms with van der Waals surface area (Å²) in [6, 6.07) is 9.76. The number of aromatic nitrogens is 2. The quantitative estimate of drug-likeness (QED) is 0.639. The lowest BCUT2D eigenvalue weighted by atomic mass is 10.3. The molecule has 0 aliphatic carbocycles. The highest BCUT2D eigenvalue weighted by Gasteiger charge is 2.18. The second-order valence-corrected chi connectivity index (χ2v) is 7.58. The third kappa shape index (κ3) is 3.47. The van der Waals surface area contributed by atoms with E-state index in [4.69, 9.17) is 12.2 Å². The number of hydrogen-bond donors (Lipinski definition) is 0. The number of carbonyl (C=O) groups is 1. The minimum Gasteiger partial charge on any atom is -0.348 e. The minimum atomic E-state index is -0.172. The number of para-hydroxylation sites is 1. The Kier molecular flexibility index (Phi) is 4.95. The molecule has 0 bridgehead atoms. The Morgan fingerprint density at radius 2 is 2.05 bits per heavy atom. The van der Waals surface area contributed by atoms with Crippen molar-refractivity contribution < 1.29 is 4.79 Å². The largest absolute Gasteiger partial charge is 0.348 e. The highest BCUT2D eigenvalue weighted by atomic mass is 32.2. The summed E-state index contributed by atoms with van der Waals surface area (Å²) in [7, 11) is 3.51. The van der Waals surface area contributed by atoms with Gasteiger partial charge in [-0.15, -0.1) is 5.10 Å². The first-order valence-corrected chi connectivity index (χ1v) is 8.13. The van der Waals surface area contributed by atoms with Gasteiger partial charge >= 0.3 is 0 Å². The van der Waals surface area contributed by atoms with Crippen LogP contribution in [0.1, 0.15) is 6.92 Å². The third-order valence-electron chi connectivity index (χ3n) is 2.60. The Hall–Kier alpha value is -1.18. The summed E-state index contributed by atoms with van der Waals surface area (Å²) in [5.74, 6) is 0.0716. The van der Waals surface area contributed by atoms with Gasteiger partial charge in [0.05, 0.1) is 10.9 Å². The molecule has 0 aliphatic rings. The average Bonchev–Trinajstić information content (AvgIpc) is 2.79. The second-order valence-electron chi connectivity index (χ2n) is 4.37. The van der Waals surface area contributed by atoms with Gasteiger partial charge in [0.25, 0.3) is 0 Å². The molecule has 0 fully saturated rings. The number of benzene rings is 1. The van der Waals surface area contributed by atoms with Crippen molar-refractivity contribution in [1.82, 2.24) is 14.7 Å². The number of rotatable bonds is 4. The van der Waals surface area contributed by atoms with Crippen LogP contribution in [0, 0.1) is 3.95 Å². The van der Waals surface area contributed by atoms with Crippen LogP contribution in [0.4, 0.5) is 0 Å². The van der Waals surface area contributed by atoms with Gasteiger partial charge in [-0.2, -0.15) is 0 Å². The van der Waals surface area contributed by atoms with E-state index in [0.29, 0.717) is 3.95 Å². The zero-order valence-electron chi connectivity index (χ0n) is 11.4. The van der Waals surface area contributed by atoms with Gasteiger partial charge in [-0.3, -0.25) is 4.79 Å². The van der Waals surface area contributed by atoms with Crippen molar-refractivity contribution >= 4 is 41.2 Å². The fourth-order valence-electron chi connectivity index (χ4n) is 1.61. The molecule has 4 nitrogen and oxygen atoms in total. The summed E-state index contributed by atoms with van der Waals surface area (Å²) < 4.78 is 3.22. The Morgan fingerprint density at radius 3 is 2.65 bits per heavy atom. The van der Waals surface area contributed by atoms with Crippen molar-refractivity contribution in [1.29, 1.82) is 0 Å². The lowest BCUT2D eigenvalue weighted by molar-refractivity contribution is -0.127. The van der Waals surface area contributed by atoms with Crippen LogP contribution in [-0.4, -0.2) is 39.9 Å². The first-order valence-electron chi connectivity index (χ1n) is 6.02. The molecule has 0 unspecified atom stereocenters. The Bertz CT molecular complexity index is 648. The maximum absolute atomic E-state index is 11.9. The van der Waals surface area contributed by atoms with E-state index in [-0.39, 0.29) is 11.2 Å². The highest BCUT2D eigenvalue weighted by molar-refractivity contribution is 8.02. The number of thioether (sulfide) groups is 1. The molecule has 2 aromatic rings. The van der Waals surface area contributed by atoms with Crippen LogP contribution >= 0.6 is 35.3 Å². The molecule has 0 radical (unpaired) electrons. The van der Waals surface area contributed by atoms with Gasteiger partial charge < -0.3 is 4.90 Å². The van der Waals surface area contributed by atoms with Crippen molar-refractivity contribution in [2.45, 2.75) is 16.5 Å². The lowest BCUT2D eigenvalue weighted by Crippen LogP contribution is -2.29. The Morgan fingerprint density at radius 1 is 1.40 bits per heavy atom. The van der Waals surface area contributed by atoms with Gasteiger partial charge in [-0.1, -0.05) is 41.3 Å². The van der Waals surface area contributed by atoms with Crippen LogP contribution in [0.25, 0.3) is 5.69 Å². The first kappa shape index (κ1) is 15.2. The fraction of sp³-hybridized carbons (Fsp3) is 0.308. The molecule has 1 amide bonds. The van der Waals surface area contributed by atoms with E-state index >= 15 is 0 Å². The van der Waals surface area contributed by atoms with Gasteiger partial charge in [-0.05, 0) is 31.3 Å². The highest BCUT2D eigenvalue weighted by Crippen LogP contribution is 2.28. The van der Waals surface area contributed by atoms with E-state index in [1.807, 2.05) is 37.3 Å². The molecular formula is C13H15N3OS3. The van der Waals surface area contributed by atoms with Gasteiger partial charge in [-0.25, -0.2) is 4.68 Å². The predicted octanol–water partition coefficient (Wildman–Crippen LogP) is 3.23. The van der Waals surface area contributed by atoms with Crippen molar-refractivity contribution in [3.63, 3.8) is 0 Å².